The molecule has 0 spiro atoms. The van der Waals surface area contributed by atoms with E-state index in [1.54, 1.807) is 0 Å². The van der Waals surface area contributed by atoms with E-state index in [1.807, 2.05) is 29.3 Å². The van der Waals surface area contributed by atoms with Crippen molar-refractivity contribution in [1.82, 2.24) is 25.1 Å². The summed E-state index contributed by atoms with van der Waals surface area (Å²) in [6, 6.07) is 10.4. The summed E-state index contributed by atoms with van der Waals surface area (Å²) in [5, 5.41) is 7.88. The van der Waals surface area contributed by atoms with Gasteiger partial charge in [0.1, 0.15) is 0 Å². The second-order valence-electron chi connectivity index (χ2n) is 6.72. The van der Waals surface area contributed by atoms with E-state index in [0.717, 1.165) is 44.2 Å². The first-order valence-electron chi connectivity index (χ1n) is 9.19. The molecule has 134 valence electrons. The van der Waals surface area contributed by atoms with E-state index >= 15 is 0 Å². The van der Waals surface area contributed by atoms with Crippen LogP contribution < -0.4 is 10.2 Å². The van der Waals surface area contributed by atoms with Gasteiger partial charge in [0, 0.05) is 55.9 Å². The molecule has 6 nitrogen and oxygen atoms in total. The molecule has 1 saturated heterocycles. The zero-order chi connectivity index (χ0) is 17.6. The summed E-state index contributed by atoms with van der Waals surface area (Å²) < 4.78 is 1.97. The molecule has 6 heteroatoms. The van der Waals surface area contributed by atoms with Crippen molar-refractivity contribution in [2.75, 3.05) is 18.0 Å². The van der Waals surface area contributed by atoms with Crippen LogP contribution in [0, 0.1) is 0 Å². The van der Waals surface area contributed by atoms with E-state index in [1.165, 1.54) is 24.0 Å². The summed E-state index contributed by atoms with van der Waals surface area (Å²) in [6.45, 7) is 4.48. The normalized spacial score (nSPS) is 14.1. The van der Waals surface area contributed by atoms with E-state index in [-0.39, 0.29) is 0 Å². The van der Waals surface area contributed by atoms with Gasteiger partial charge in [0.05, 0.1) is 12.7 Å². The van der Waals surface area contributed by atoms with Crippen LogP contribution in [-0.4, -0.2) is 32.8 Å². The van der Waals surface area contributed by atoms with Gasteiger partial charge in [0.2, 0.25) is 5.95 Å². The smallest absolute Gasteiger partial charge is 0.225 e. The standard InChI is InChI=1S/C20H24N6/c1-2-6-17(7-3-1)15-26-16-19(14-24-26)11-21-10-18-12-22-20(23-13-18)25-8-4-5-9-25/h1-3,6-7,12-14,16,21H,4-5,8-11,15H2. The van der Waals surface area contributed by atoms with Gasteiger partial charge in [0.25, 0.3) is 0 Å². The fourth-order valence-corrected chi connectivity index (χ4v) is 3.23. The Labute approximate surface area is 153 Å². The van der Waals surface area contributed by atoms with Crippen LogP contribution in [0.4, 0.5) is 5.95 Å². The van der Waals surface area contributed by atoms with E-state index in [9.17, 15) is 0 Å². The van der Waals surface area contributed by atoms with Gasteiger partial charge in [-0.25, -0.2) is 9.97 Å². The summed E-state index contributed by atoms with van der Waals surface area (Å²) in [7, 11) is 0. The van der Waals surface area contributed by atoms with Crippen LogP contribution in [0.2, 0.25) is 0 Å². The van der Waals surface area contributed by atoms with Crippen molar-refractivity contribution in [2.24, 2.45) is 0 Å². The molecule has 1 aromatic carbocycles. The Hall–Kier alpha value is -2.73. The van der Waals surface area contributed by atoms with Crippen LogP contribution in [-0.2, 0) is 19.6 Å². The van der Waals surface area contributed by atoms with Gasteiger partial charge in [-0.3, -0.25) is 4.68 Å². The van der Waals surface area contributed by atoms with Crippen LogP contribution >= 0.6 is 0 Å². The maximum absolute atomic E-state index is 4.50. The molecule has 0 amide bonds. The molecule has 0 atom stereocenters. The molecule has 0 aliphatic carbocycles. The first kappa shape index (κ1) is 16.7. The number of nitrogens with one attached hydrogen (secondary N) is 1. The zero-order valence-corrected chi connectivity index (χ0v) is 14.9. The Balaban J connectivity index is 1.25. The van der Waals surface area contributed by atoms with Crippen LogP contribution in [0.5, 0.6) is 0 Å². The molecule has 0 radical (unpaired) electrons. The number of nitrogens with zero attached hydrogens (tertiary/aromatic N) is 5. The minimum absolute atomic E-state index is 0.754. The zero-order valence-electron chi connectivity index (χ0n) is 14.9. The Morgan fingerprint density at radius 1 is 0.846 bits per heavy atom. The number of hydrogen-bond donors (Lipinski definition) is 1. The van der Waals surface area contributed by atoms with Crippen LogP contribution in [0.25, 0.3) is 0 Å². The third-order valence-electron chi connectivity index (χ3n) is 4.61. The molecule has 3 aromatic rings. The molecule has 1 fully saturated rings. The first-order chi connectivity index (χ1) is 12.9. The monoisotopic (exact) mass is 348 g/mol. The molecular weight excluding hydrogens is 324 g/mol. The summed E-state index contributed by atoms with van der Waals surface area (Å²) in [5.41, 5.74) is 3.53. The third-order valence-corrected chi connectivity index (χ3v) is 4.61. The molecule has 3 heterocycles. The predicted octanol–water partition coefficient (Wildman–Crippen LogP) is 2.61. The maximum atomic E-state index is 4.50. The van der Waals surface area contributed by atoms with Crippen molar-refractivity contribution in [3.63, 3.8) is 0 Å². The van der Waals surface area contributed by atoms with Gasteiger partial charge < -0.3 is 10.2 Å². The lowest BCUT2D eigenvalue weighted by atomic mass is 10.2. The lowest BCUT2D eigenvalue weighted by Gasteiger charge is -2.14. The van der Waals surface area contributed by atoms with Gasteiger partial charge in [-0.15, -0.1) is 0 Å². The quantitative estimate of drug-likeness (QED) is 0.711. The lowest BCUT2D eigenvalue weighted by Crippen LogP contribution is -2.20. The summed E-state index contributed by atoms with van der Waals surface area (Å²) in [5.74, 6) is 0.855. The van der Waals surface area contributed by atoms with Crippen LogP contribution in [0.1, 0.15) is 29.5 Å². The molecule has 1 N–H and O–H groups in total. The van der Waals surface area contributed by atoms with Gasteiger partial charge in [-0.1, -0.05) is 30.3 Å². The molecule has 1 aliphatic rings. The van der Waals surface area contributed by atoms with Gasteiger partial charge in [0.15, 0.2) is 0 Å². The molecule has 4 rings (SSSR count). The van der Waals surface area contributed by atoms with E-state index in [0.29, 0.717) is 0 Å². The highest BCUT2D eigenvalue weighted by atomic mass is 15.3. The fourth-order valence-electron chi connectivity index (χ4n) is 3.23. The van der Waals surface area contributed by atoms with E-state index in [2.05, 4.69) is 55.7 Å². The van der Waals surface area contributed by atoms with Crippen molar-refractivity contribution in [1.29, 1.82) is 0 Å². The molecule has 0 unspecified atom stereocenters. The fraction of sp³-hybridized carbons (Fsp3) is 0.350. The molecule has 1 aliphatic heterocycles. The number of anilines is 1. The molecule has 26 heavy (non-hydrogen) atoms. The van der Waals surface area contributed by atoms with Crippen molar-refractivity contribution in [2.45, 2.75) is 32.5 Å². The van der Waals surface area contributed by atoms with Gasteiger partial charge in [-0.2, -0.15) is 5.10 Å². The summed E-state index contributed by atoms with van der Waals surface area (Å²) in [4.78, 5) is 11.2. The highest BCUT2D eigenvalue weighted by Crippen LogP contribution is 2.14. The van der Waals surface area contributed by atoms with Crippen LogP contribution in [0.15, 0.2) is 55.1 Å². The average molecular weight is 348 g/mol. The van der Waals surface area contributed by atoms with Crippen molar-refractivity contribution in [3.05, 3.63) is 71.8 Å². The minimum Gasteiger partial charge on any atom is -0.341 e. The van der Waals surface area contributed by atoms with E-state index < -0.39 is 0 Å². The SMILES string of the molecule is c1ccc(Cn2cc(CNCc3cnc(N4CCCC4)nc3)cn2)cc1. The molecule has 2 aromatic heterocycles. The highest BCUT2D eigenvalue weighted by Gasteiger charge is 2.14. The number of aromatic nitrogens is 4. The average Bonchev–Trinajstić information content (AvgIpc) is 3.36. The maximum Gasteiger partial charge on any atom is 0.225 e. The van der Waals surface area contributed by atoms with Crippen molar-refractivity contribution < 1.29 is 0 Å². The van der Waals surface area contributed by atoms with Crippen molar-refractivity contribution >= 4 is 5.95 Å². The van der Waals surface area contributed by atoms with Gasteiger partial charge >= 0.3 is 0 Å². The second kappa shape index (κ2) is 8.10. The second-order valence-corrected chi connectivity index (χ2v) is 6.72. The van der Waals surface area contributed by atoms with Gasteiger partial charge in [-0.05, 0) is 18.4 Å². The molecule has 0 saturated carbocycles. The van der Waals surface area contributed by atoms with Crippen molar-refractivity contribution in [3.8, 4) is 0 Å². The highest BCUT2D eigenvalue weighted by molar-refractivity contribution is 5.31. The van der Waals surface area contributed by atoms with E-state index in [4.69, 9.17) is 0 Å². The molecule has 0 bridgehead atoms. The minimum atomic E-state index is 0.754. The number of rotatable bonds is 7. The Morgan fingerprint density at radius 3 is 2.35 bits per heavy atom. The predicted molar refractivity (Wildman–Crippen MR) is 102 cm³/mol. The topological polar surface area (TPSA) is 58.9 Å². The number of hydrogen-bond acceptors (Lipinski definition) is 5. The summed E-state index contributed by atoms with van der Waals surface area (Å²) >= 11 is 0. The third kappa shape index (κ3) is 4.26. The summed E-state index contributed by atoms with van der Waals surface area (Å²) in [6.07, 6.45) is 10.3. The number of benzene rings is 1. The Kier molecular flexibility index (Phi) is 5.21. The van der Waals surface area contributed by atoms with Crippen LogP contribution in [0.3, 0.4) is 0 Å². The Bertz CT molecular complexity index is 806. The lowest BCUT2D eigenvalue weighted by molar-refractivity contribution is 0.675. The largest absolute Gasteiger partial charge is 0.341 e. The first-order valence-corrected chi connectivity index (χ1v) is 9.19. The molecular formula is C20H24N6. The Morgan fingerprint density at radius 2 is 1.58 bits per heavy atom.